The number of anilines is 1. The van der Waals surface area contributed by atoms with Crippen LogP contribution in [-0.2, 0) is 31.3 Å². The highest BCUT2D eigenvalue weighted by molar-refractivity contribution is 6.12. The van der Waals surface area contributed by atoms with Crippen LogP contribution in [0.25, 0.3) is 11.1 Å². The van der Waals surface area contributed by atoms with E-state index in [1.165, 1.54) is 18.2 Å². The summed E-state index contributed by atoms with van der Waals surface area (Å²) in [5.41, 5.74) is 11.3. The first kappa shape index (κ1) is 29.4. The lowest BCUT2D eigenvalue weighted by molar-refractivity contribution is 0.0935. The van der Waals surface area contributed by atoms with Gasteiger partial charge in [-0.3, -0.25) is 14.6 Å². The average Bonchev–Trinajstić information content (AvgIpc) is 3.47. The van der Waals surface area contributed by atoms with Crippen molar-refractivity contribution in [3.63, 3.8) is 0 Å². The molecule has 1 aromatic heterocycles. The topological polar surface area (TPSA) is 88.3 Å². The van der Waals surface area contributed by atoms with Crippen LogP contribution in [0.15, 0.2) is 60.7 Å². The molecule has 0 radical (unpaired) electrons. The highest BCUT2D eigenvalue weighted by Crippen LogP contribution is 2.43. The molecule has 3 heterocycles. The van der Waals surface area contributed by atoms with Gasteiger partial charge in [-0.25, -0.2) is 13.2 Å². The van der Waals surface area contributed by atoms with Gasteiger partial charge in [0.25, 0.3) is 11.8 Å². The molecule has 226 valence electrons. The highest BCUT2D eigenvalue weighted by Gasteiger charge is 2.44. The number of primary amides is 1. The minimum Gasteiger partial charge on any atom is -0.367 e. The summed E-state index contributed by atoms with van der Waals surface area (Å²) in [6.07, 6.45) is 1.55. The second-order valence-corrected chi connectivity index (χ2v) is 12.3. The second-order valence-electron chi connectivity index (χ2n) is 12.3. The van der Waals surface area contributed by atoms with Crippen LogP contribution >= 0.6 is 0 Å². The van der Waals surface area contributed by atoms with Gasteiger partial charge in [-0.15, -0.1) is 0 Å². The van der Waals surface area contributed by atoms with E-state index in [0.717, 1.165) is 22.9 Å². The van der Waals surface area contributed by atoms with Gasteiger partial charge >= 0.3 is 0 Å². The normalized spacial score (nSPS) is 17.2. The van der Waals surface area contributed by atoms with E-state index in [1.807, 2.05) is 39.0 Å². The van der Waals surface area contributed by atoms with Crippen LogP contribution in [0.2, 0.25) is 0 Å². The van der Waals surface area contributed by atoms with Gasteiger partial charge in [0.1, 0.15) is 5.82 Å². The Labute approximate surface area is 254 Å². The van der Waals surface area contributed by atoms with Gasteiger partial charge in [0, 0.05) is 30.8 Å². The Morgan fingerprint density at radius 1 is 1.00 bits per heavy atom. The molecule has 0 unspecified atom stereocenters. The van der Waals surface area contributed by atoms with Crippen LogP contribution in [0.5, 0.6) is 0 Å². The third kappa shape index (κ3) is 5.31. The maximum absolute atomic E-state index is 13.9. The number of rotatable bonds is 8. The number of nitrogens with one attached hydrogen (secondary N) is 1. The molecule has 3 aromatic carbocycles. The first-order valence-electron chi connectivity index (χ1n) is 14.7. The summed E-state index contributed by atoms with van der Waals surface area (Å²) in [6, 6.07) is 15.8. The van der Waals surface area contributed by atoms with E-state index in [1.54, 1.807) is 18.2 Å². The van der Waals surface area contributed by atoms with Gasteiger partial charge < -0.3 is 16.0 Å². The van der Waals surface area contributed by atoms with E-state index in [2.05, 4.69) is 10.2 Å². The zero-order valence-corrected chi connectivity index (χ0v) is 24.8. The summed E-state index contributed by atoms with van der Waals surface area (Å²) >= 11 is 0. The number of benzene rings is 3. The number of amides is 2. The smallest absolute Gasteiger partial charge is 0.254 e. The molecule has 0 fully saturated rings. The summed E-state index contributed by atoms with van der Waals surface area (Å²) in [5.74, 6) is -2.97. The van der Waals surface area contributed by atoms with Gasteiger partial charge in [-0.1, -0.05) is 38.1 Å². The Morgan fingerprint density at radius 2 is 1.73 bits per heavy atom. The molecular weight excluding hydrogens is 565 g/mol. The van der Waals surface area contributed by atoms with Crippen LogP contribution < -0.4 is 16.0 Å². The van der Waals surface area contributed by atoms with Gasteiger partial charge in [0.2, 0.25) is 0 Å². The zero-order valence-electron chi connectivity index (χ0n) is 24.8. The molecule has 0 saturated carbocycles. The molecule has 6 nitrogen and oxygen atoms in total. The van der Waals surface area contributed by atoms with Crippen LogP contribution in [0.4, 0.5) is 18.9 Å². The van der Waals surface area contributed by atoms with E-state index in [-0.39, 0.29) is 23.2 Å². The Kier molecular flexibility index (Phi) is 7.43. The predicted molar refractivity (Wildman–Crippen MR) is 163 cm³/mol. The Balaban J connectivity index is 1.46. The van der Waals surface area contributed by atoms with Crippen molar-refractivity contribution in [2.24, 2.45) is 11.7 Å². The number of fused-ring (bicyclic) bond motifs is 2. The van der Waals surface area contributed by atoms with Crippen LogP contribution in [-0.4, -0.2) is 23.3 Å². The standard InChI is InChI=1S/C35H33F3N4O2/c1-19(2)14-27-30(33(39)43)29(31-32(40-27)35(3,41-34(31)44)17-20-4-8-24(36)9-5-20)23-7-11-28-22(16-23)12-13-42(28)18-21-6-10-25(37)26(38)15-21/h4-11,15-16,19H,12-14,17-18H2,1-3H3,(H2,39,43)(H,41,44)/t35-/m0/s1. The number of hydrogen-bond acceptors (Lipinski definition) is 4. The Hall–Kier alpha value is -4.66. The molecule has 4 aromatic rings. The van der Waals surface area contributed by atoms with Gasteiger partial charge in [0.05, 0.1) is 28.1 Å². The minimum atomic E-state index is -0.904. The maximum Gasteiger partial charge on any atom is 0.254 e. The van der Waals surface area contributed by atoms with Crippen molar-refractivity contribution < 1.29 is 22.8 Å². The number of nitrogens with two attached hydrogens (primary N) is 1. The fraction of sp³-hybridized carbons (Fsp3) is 0.286. The average molecular weight is 599 g/mol. The molecule has 2 aliphatic rings. The third-order valence-electron chi connectivity index (χ3n) is 8.45. The molecule has 0 bridgehead atoms. The first-order chi connectivity index (χ1) is 20.9. The van der Waals surface area contributed by atoms with Gasteiger partial charge in [0.15, 0.2) is 11.6 Å². The van der Waals surface area contributed by atoms with E-state index < -0.39 is 23.1 Å². The Bertz CT molecular complexity index is 1810. The monoisotopic (exact) mass is 598 g/mol. The summed E-state index contributed by atoms with van der Waals surface area (Å²) in [5, 5.41) is 3.10. The predicted octanol–water partition coefficient (Wildman–Crippen LogP) is 6.23. The lowest BCUT2D eigenvalue weighted by Crippen LogP contribution is -2.39. The summed E-state index contributed by atoms with van der Waals surface area (Å²) in [4.78, 5) is 33.8. The second kappa shape index (κ2) is 11.1. The number of carbonyl (C=O) groups excluding carboxylic acids is 2. The molecule has 6 rings (SSSR count). The number of pyridine rings is 1. The molecule has 1 atom stereocenters. The van der Waals surface area contributed by atoms with Crippen molar-refractivity contribution in [1.82, 2.24) is 10.3 Å². The van der Waals surface area contributed by atoms with Crippen LogP contribution in [0.1, 0.15) is 69.6 Å². The van der Waals surface area contributed by atoms with Gasteiger partial charge in [-0.05, 0) is 84.3 Å². The number of hydrogen-bond donors (Lipinski definition) is 2. The largest absolute Gasteiger partial charge is 0.367 e. The van der Waals surface area contributed by atoms with E-state index in [9.17, 15) is 22.8 Å². The SMILES string of the molecule is CC(C)Cc1nc2c(c(-c3ccc4c(c3)CCN4Cc3ccc(F)c(F)c3)c1C(N)=O)C(=O)N[C@@]2(C)Cc1ccc(F)cc1. The minimum absolute atomic E-state index is 0.157. The first-order valence-corrected chi connectivity index (χ1v) is 14.7. The maximum atomic E-state index is 13.9. The molecule has 2 aliphatic heterocycles. The van der Waals surface area contributed by atoms with Crippen molar-refractivity contribution in [3.8, 4) is 11.1 Å². The lowest BCUT2D eigenvalue weighted by atomic mass is 9.84. The van der Waals surface area contributed by atoms with Crippen molar-refractivity contribution >= 4 is 17.5 Å². The van der Waals surface area contributed by atoms with Gasteiger partial charge in [-0.2, -0.15) is 0 Å². The summed E-state index contributed by atoms with van der Waals surface area (Å²) in [7, 11) is 0. The van der Waals surface area contributed by atoms with E-state index >= 15 is 0 Å². The highest BCUT2D eigenvalue weighted by atomic mass is 19.2. The molecule has 2 amide bonds. The molecule has 9 heteroatoms. The number of nitrogens with zero attached hydrogens (tertiary/aromatic N) is 2. The number of carbonyl (C=O) groups is 2. The van der Waals surface area contributed by atoms with E-state index in [4.69, 9.17) is 10.7 Å². The van der Waals surface area contributed by atoms with E-state index in [0.29, 0.717) is 66.0 Å². The van der Waals surface area contributed by atoms with Crippen LogP contribution in [0, 0.1) is 23.4 Å². The van der Waals surface area contributed by atoms with Crippen molar-refractivity contribution in [2.45, 2.75) is 52.1 Å². The third-order valence-corrected chi connectivity index (χ3v) is 8.45. The summed E-state index contributed by atoms with van der Waals surface area (Å²) < 4.78 is 41.0. The fourth-order valence-electron chi connectivity index (χ4n) is 6.50. The molecule has 0 spiro atoms. The summed E-state index contributed by atoms with van der Waals surface area (Å²) in [6.45, 7) is 7.01. The fourth-order valence-corrected chi connectivity index (χ4v) is 6.50. The number of aromatic nitrogens is 1. The molecule has 0 saturated heterocycles. The molecule has 44 heavy (non-hydrogen) atoms. The molecular formula is C35H33F3N4O2. The molecule has 0 aliphatic carbocycles. The lowest BCUT2D eigenvalue weighted by Gasteiger charge is -2.26. The molecule has 3 N–H and O–H groups in total. The quantitative estimate of drug-likeness (QED) is 0.252. The zero-order chi connectivity index (χ0) is 31.3. The van der Waals surface area contributed by atoms with Crippen LogP contribution in [0.3, 0.4) is 0 Å². The van der Waals surface area contributed by atoms with Crippen molar-refractivity contribution in [3.05, 3.63) is 117 Å². The Morgan fingerprint density at radius 3 is 2.41 bits per heavy atom. The van der Waals surface area contributed by atoms with Crippen molar-refractivity contribution in [2.75, 3.05) is 11.4 Å². The number of halogens is 3. The van der Waals surface area contributed by atoms with Crippen molar-refractivity contribution in [1.29, 1.82) is 0 Å².